The lowest BCUT2D eigenvalue weighted by Crippen LogP contribution is -2.19. The van der Waals surface area contributed by atoms with E-state index in [1.54, 1.807) is 52.7 Å². The number of carbonyl (C=O) groups is 1. The van der Waals surface area contributed by atoms with E-state index in [0.29, 0.717) is 28.2 Å². The van der Waals surface area contributed by atoms with Gasteiger partial charge in [0.15, 0.2) is 0 Å². The van der Waals surface area contributed by atoms with Gasteiger partial charge in [0.25, 0.3) is 5.56 Å². The molecule has 0 spiro atoms. The fourth-order valence-electron chi connectivity index (χ4n) is 3.61. The predicted molar refractivity (Wildman–Crippen MR) is 117 cm³/mol. The van der Waals surface area contributed by atoms with Crippen LogP contribution in [-0.2, 0) is 4.74 Å². The number of carboxylic acid groups (broad SMARTS) is 1. The lowest BCUT2D eigenvalue weighted by Gasteiger charge is -2.20. The standard InChI is InChI=1S/C22H23N3O4S/c1-13-9-17(14(2)23-18-6-4-3-5-16(18)22(27)28)21-24-19(10-20(26)25(21)11-13)30-15-7-8-29-12-15/h3-6,9-11,14-15,23H,7-8,12H2,1-2H3,(H,27,28). The highest BCUT2D eigenvalue weighted by Gasteiger charge is 2.20. The molecule has 4 rings (SSSR count). The molecule has 2 unspecified atom stereocenters. The van der Waals surface area contributed by atoms with Gasteiger partial charge in [0, 0.05) is 35.4 Å². The molecular weight excluding hydrogens is 402 g/mol. The maximum absolute atomic E-state index is 12.8. The maximum Gasteiger partial charge on any atom is 0.337 e. The van der Waals surface area contributed by atoms with Gasteiger partial charge < -0.3 is 15.2 Å². The number of nitrogens with one attached hydrogen (secondary N) is 1. The zero-order chi connectivity index (χ0) is 21.3. The molecule has 7 nitrogen and oxygen atoms in total. The van der Waals surface area contributed by atoms with Crippen LogP contribution < -0.4 is 10.9 Å². The number of para-hydroxylation sites is 1. The predicted octanol–water partition coefficient (Wildman–Crippen LogP) is 3.76. The smallest absolute Gasteiger partial charge is 0.337 e. The lowest BCUT2D eigenvalue weighted by atomic mass is 10.1. The number of rotatable bonds is 6. The van der Waals surface area contributed by atoms with Crippen molar-refractivity contribution < 1.29 is 14.6 Å². The van der Waals surface area contributed by atoms with Gasteiger partial charge in [0.1, 0.15) is 10.7 Å². The van der Waals surface area contributed by atoms with Gasteiger partial charge in [-0.2, -0.15) is 0 Å². The van der Waals surface area contributed by atoms with Gasteiger partial charge in [0.2, 0.25) is 0 Å². The monoisotopic (exact) mass is 425 g/mol. The Hall–Kier alpha value is -2.84. The van der Waals surface area contributed by atoms with Crippen LogP contribution in [0, 0.1) is 6.92 Å². The molecule has 8 heteroatoms. The highest BCUT2D eigenvalue weighted by molar-refractivity contribution is 7.99. The Balaban J connectivity index is 1.74. The van der Waals surface area contributed by atoms with Crippen LogP contribution in [0.4, 0.5) is 5.69 Å². The molecule has 0 amide bonds. The Morgan fingerprint density at radius 2 is 2.17 bits per heavy atom. The van der Waals surface area contributed by atoms with Crippen molar-refractivity contribution in [3.63, 3.8) is 0 Å². The topological polar surface area (TPSA) is 92.9 Å². The van der Waals surface area contributed by atoms with Crippen LogP contribution in [0.25, 0.3) is 5.65 Å². The second kappa shape index (κ2) is 8.49. The van der Waals surface area contributed by atoms with Crippen molar-refractivity contribution in [3.05, 3.63) is 69.6 Å². The zero-order valence-corrected chi connectivity index (χ0v) is 17.6. The summed E-state index contributed by atoms with van der Waals surface area (Å²) in [6, 6.07) is 10.1. The Kier molecular flexibility index (Phi) is 5.78. The average molecular weight is 426 g/mol. The van der Waals surface area contributed by atoms with Crippen LogP contribution in [-0.4, -0.2) is 38.9 Å². The molecule has 2 atom stereocenters. The quantitative estimate of drug-likeness (QED) is 0.581. The third-order valence-corrected chi connectivity index (χ3v) is 6.23. The SMILES string of the molecule is Cc1cc(C(C)Nc2ccccc2C(=O)O)c2nc(SC3CCOC3)cc(=O)n2c1. The Morgan fingerprint density at radius 1 is 1.37 bits per heavy atom. The molecule has 0 aliphatic carbocycles. The third-order valence-electron chi connectivity index (χ3n) is 5.07. The van der Waals surface area contributed by atoms with Gasteiger partial charge >= 0.3 is 5.97 Å². The maximum atomic E-state index is 12.8. The van der Waals surface area contributed by atoms with E-state index in [1.165, 1.54) is 0 Å². The molecule has 0 radical (unpaired) electrons. The van der Waals surface area contributed by atoms with Gasteiger partial charge in [-0.1, -0.05) is 12.1 Å². The number of aryl methyl sites for hydroxylation is 1. The molecule has 0 saturated carbocycles. The second-order valence-corrected chi connectivity index (χ2v) is 8.74. The van der Waals surface area contributed by atoms with Crippen LogP contribution in [0.5, 0.6) is 0 Å². The number of nitrogens with zero attached hydrogens (tertiary/aromatic N) is 2. The number of aromatic nitrogens is 2. The molecule has 1 aliphatic heterocycles. The van der Waals surface area contributed by atoms with Crippen LogP contribution in [0.1, 0.15) is 40.9 Å². The fourth-order valence-corrected chi connectivity index (χ4v) is 4.64. The highest BCUT2D eigenvalue weighted by Crippen LogP contribution is 2.29. The highest BCUT2D eigenvalue weighted by atomic mass is 32.2. The minimum Gasteiger partial charge on any atom is -0.478 e. The normalized spacial score (nSPS) is 17.2. The van der Waals surface area contributed by atoms with Crippen molar-refractivity contribution in [1.82, 2.24) is 9.38 Å². The van der Waals surface area contributed by atoms with Gasteiger partial charge in [-0.3, -0.25) is 9.20 Å². The van der Waals surface area contributed by atoms with E-state index >= 15 is 0 Å². The van der Waals surface area contributed by atoms with Gasteiger partial charge in [-0.05, 0) is 44.0 Å². The zero-order valence-electron chi connectivity index (χ0n) is 16.8. The summed E-state index contributed by atoms with van der Waals surface area (Å²) in [6.07, 6.45) is 2.72. The first-order chi connectivity index (χ1) is 14.4. The van der Waals surface area contributed by atoms with Gasteiger partial charge in [-0.25, -0.2) is 9.78 Å². The van der Waals surface area contributed by atoms with E-state index in [1.807, 2.05) is 19.9 Å². The van der Waals surface area contributed by atoms with Crippen molar-refractivity contribution in [2.24, 2.45) is 0 Å². The van der Waals surface area contributed by atoms with Crippen molar-refractivity contribution in [2.45, 2.75) is 36.6 Å². The molecule has 0 bridgehead atoms. The fraction of sp³-hybridized carbons (Fsp3) is 0.318. The van der Waals surface area contributed by atoms with E-state index in [4.69, 9.17) is 9.72 Å². The number of fused-ring (bicyclic) bond motifs is 1. The number of anilines is 1. The molecular formula is C22H23N3O4S. The molecule has 156 valence electrons. The first kappa shape index (κ1) is 20.4. The molecule has 1 saturated heterocycles. The summed E-state index contributed by atoms with van der Waals surface area (Å²) in [5.74, 6) is -0.994. The first-order valence-corrected chi connectivity index (χ1v) is 10.7. The van der Waals surface area contributed by atoms with Crippen molar-refractivity contribution in [2.75, 3.05) is 18.5 Å². The summed E-state index contributed by atoms with van der Waals surface area (Å²) < 4.78 is 6.99. The minimum atomic E-state index is -0.994. The Morgan fingerprint density at radius 3 is 2.90 bits per heavy atom. The van der Waals surface area contributed by atoms with Crippen molar-refractivity contribution >= 4 is 29.1 Å². The molecule has 1 aromatic carbocycles. The molecule has 30 heavy (non-hydrogen) atoms. The largest absolute Gasteiger partial charge is 0.478 e. The lowest BCUT2D eigenvalue weighted by molar-refractivity contribution is 0.0698. The molecule has 1 aliphatic rings. The molecule has 3 aromatic rings. The average Bonchev–Trinajstić information content (AvgIpc) is 3.21. The van der Waals surface area contributed by atoms with E-state index in [0.717, 1.165) is 24.2 Å². The summed E-state index contributed by atoms with van der Waals surface area (Å²) in [6.45, 7) is 5.25. The number of thioether (sulfide) groups is 1. The summed E-state index contributed by atoms with van der Waals surface area (Å²) in [7, 11) is 0. The molecule has 2 aromatic heterocycles. The number of benzene rings is 1. The number of hydrogen-bond acceptors (Lipinski definition) is 6. The summed E-state index contributed by atoms with van der Waals surface area (Å²) in [5.41, 5.74) is 2.91. The van der Waals surface area contributed by atoms with Crippen molar-refractivity contribution in [1.29, 1.82) is 0 Å². The minimum absolute atomic E-state index is 0.135. The molecule has 3 heterocycles. The van der Waals surface area contributed by atoms with Gasteiger partial charge in [-0.15, -0.1) is 11.8 Å². The Bertz CT molecular complexity index is 1150. The van der Waals surface area contributed by atoms with E-state index in [9.17, 15) is 14.7 Å². The van der Waals surface area contributed by atoms with E-state index in [2.05, 4.69) is 5.32 Å². The van der Waals surface area contributed by atoms with Crippen LogP contribution in [0.15, 0.2) is 52.4 Å². The van der Waals surface area contributed by atoms with E-state index in [-0.39, 0.29) is 17.2 Å². The van der Waals surface area contributed by atoms with Crippen molar-refractivity contribution in [3.8, 4) is 0 Å². The van der Waals surface area contributed by atoms with Crippen LogP contribution in [0.3, 0.4) is 0 Å². The van der Waals surface area contributed by atoms with Crippen LogP contribution in [0.2, 0.25) is 0 Å². The van der Waals surface area contributed by atoms with Gasteiger partial charge in [0.05, 0.1) is 18.2 Å². The summed E-state index contributed by atoms with van der Waals surface area (Å²) in [4.78, 5) is 29.1. The first-order valence-electron chi connectivity index (χ1n) is 9.79. The number of ether oxygens (including phenoxy) is 1. The number of carboxylic acids is 1. The second-order valence-electron chi connectivity index (χ2n) is 7.42. The number of hydrogen-bond donors (Lipinski definition) is 2. The van der Waals surface area contributed by atoms with E-state index < -0.39 is 5.97 Å². The molecule has 1 fully saturated rings. The summed E-state index contributed by atoms with van der Waals surface area (Å²) in [5, 5.41) is 13.7. The Labute approximate surface area is 178 Å². The summed E-state index contributed by atoms with van der Waals surface area (Å²) >= 11 is 1.57. The third kappa shape index (κ3) is 4.20. The molecule has 2 N–H and O–H groups in total. The number of pyridine rings is 1. The number of aromatic carboxylic acids is 1. The van der Waals surface area contributed by atoms with Crippen LogP contribution >= 0.6 is 11.8 Å².